The molecule has 0 aliphatic carbocycles. The van der Waals surface area contributed by atoms with Crippen molar-refractivity contribution in [3.05, 3.63) is 34.9 Å². The lowest BCUT2D eigenvalue weighted by Gasteiger charge is -2.17. The lowest BCUT2D eigenvalue weighted by molar-refractivity contribution is 0.176. The largest absolute Gasteiger partial charge is 0.387 e. The fourth-order valence-electron chi connectivity index (χ4n) is 1.17. The van der Waals surface area contributed by atoms with E-state index in [9.17, 15) is 13.5 Å². The van der Waals surface area contributed by atoms with Crippen LogP contribution < -0.4 is 0 Å². The number of halogens is 1. The zero-order valence-corrected chi connectivity index (χ0v) is 10.1. The zero-order valence-electron chi connectivity index (χ0n) is 8.51. The Kier molecular flexibility index (Phi) is 3.76. The van der Waals surface area contributed by atoms with Crippen LogP contribution in [0.15, 0.2) is 24.3 Å². The molecule has 0 fully saturated rings. The third-order valence-corrected chi connectivity index (χ3v) is 4.19. The molecule has 1 N–H and O–H groups in total. The molecule has 1 aromatic rings. The van der Waals surface area contributed by atoms with Gasteiger partial charge in [0.15, 0.2) is 9.84 Å². The van der Waals surface area contributed by atoms with Gasteiger partial charge in [0.25, 0.3) is 0 Å². The molecule has 2 atom stereocenters. The minimum atomic E-state index is -3.24. The molecule has 5 heteroatoms. The molecule has 0 amide bonds. The first-order chi connectivity index (χ1) is 6.82. The Morgan fingerprint density at radius 3 is 2.13 bits per heavy atom. The van der Waals surface area contributed by atoms with Crippen molar-refractivity contribution in [2.24, 2.45) is 0 Å². The van der Waals surface area contributed by atoms with Crippen LogP contribution in [-0.2, 0) is 9.84 Å². The molecule has 0 heterocycles. The van der Waals surface area contributed by atoms with Crippen LogP contribution in [-0.4, -0.2) is 25.0 Å². The number of hydrogen-bond acceptors (Lipinski definition) is 3. The molecule has 0 bridgehead atoms. The maximum absolute atomic E-state index is 11.2. The summed E-state index contributed by atoms with van der Waals surface area (Å²) in [6.45, 7) is 1.48. The first kappa shape index (κ1) is 12.5. The molecular formula is C10H13ClO3S. The summed E-state index contributed by atoms with van der Waals surface area (Å²) in [7, 11) is -3.24. The number of aliphatic hydroxyl groups excluding tert-OH is 1. The van der Waals surface area contributed by atoms with Gasteiger partial charge in [-0.05, 0) is 24.6 Å². The molecule has 0 saturated heterocycles. The van der Waals surface area contributed by atoms with Gasteiger partial charge in [0.2, 0.25) is 0 Å². The molecule has 0 aliphatic rings. The van der Waals surface area contributed by atoms with Crippen LogP contribution in [0.25, 0.3) is 0 Å². The van der Waals surface area contributed by atoms with Gasteiger partial charge in [-0.25, -0.2) is 8.42 Å². The van der Waals surface area contributed by atoms with E-state index in [2.05, 4.69) is 0 Å². The van der Waals surface area contributed by atoms with Gasteiger partial charge in [-0.1, -0.05) is 23.7 Å². The lowest BCUT2D eigenvalue weighted by Crippen LogP contribution is -2.24. The molecule has 0 aromatic heterocycles. The van der Waals surface area contributed by atoms with Crippen LogP contribution in [0, 0.1) is 0 Å². The van der Waals surface area contributed by atoms with E-state index in [4.69, 9.17) is 11.6 Å². The number of sulfone groups is 1. The van der Waals surface area contributed by atoms with E-state index >= 15 is 0 Å². The average molecular weight is 249 g/mol. The highest BCUT2D eigenvalue weighted by molar-refractivity contribution is 7.91. The van der Waals surface area contributed by atoms with Gasteiger partial charge in [-0.2, -0.15) is 0 Å². The van der Waals surface area contributed by atoms with Gasteiger partial charge in [-0.15, -0.1) is 0 Å². The summed E-state index contributed by atoms with van der Waals surface area (Å²) in [5, 5.41) is 9.53. The van der Waals surface area contributed by atoms with Gasteiger partial charge < -0.3 is 5.11 Å². The Morgan fingerprint density at radius 1 is 1.27 bits per heavy atom. The minimum absolute atomic E-state index is 0.553. The number of hydrogen-bond donors (Lipinski definition) is 1. The summed E-state index contributed by atoms with van der Waals surface area (Å²) in [5.41, 5.74) is 0.553. The van der Waals surface area contributed by atoms with Crippen molar-refractivity contribution in [2.45, 2.75) is 18.3 Å². The summed E-state index contributed by atoms with van der Waals surface area (Å²) in [6.07, 6.45) is 0.0915. The first-order valence-electron chi connectivity index (χ1n) is 4.45. The highest BCUT2D eigenvalue weighted by Crippen LogP contribution is 2.22. The Morgan fingerprint density at radius 2 is 1.73 bits per heavy atom. The summed E-state index contributed by atoms with van der Waals surface area (Å²) in [6, 6.07) is 6.48. The second kappa shape index (κ2) is 4.51. The van der Waals surface area contributed by atoms with E-state index in [1.54, 1.807) is 24.3 Å². The maximum Gasteiger partial charge on any atom is 0.152 e. The molecule has 1 rings (SSSR count). The molecular weight excluding hydrogens is 236 g/mol. The van der Waals surface area contributed by atoms with Gasteiger partial charge in [0.05, 0.1) is 11.4 Å². The molecule has 15 heavy (non-hydrogen) atoms. The van der Waals surface area contributed by atoms with E-state index in [-0.39, 0.29) is 0 Å². The Labute approximate surface area is 94.6 Å². The average Bonchev–Trinajstić information content (AvgIpc) is 2.15. The van der Waals surface area contributed by atoms with Gasteiger partial charge in [0, 0.05) is 11.3 Å². The summed E-state index contributed by atoms with van der Waals surface area (Å²) < 4.78 is 22.5. The molecule has 0 aliphatic heterocycles. The van der Waals surface area contributed by atoms with Crippen molar-refractivity contribution in [3.8, 4) is 0 Å². The van der Waals surface area contributed by atoms with Crippen molar-refractivity contribution in [3.63, 3.8) is 0 Å². The lowest BCUT2D eigenvalue weighted by atomic mass is 10.1. The van der Waals surface area contributed by atoms with Gasteiger partial charge >= 0.3 is 0 Å². The SMILES string of the molecule is C[C@H]([C@H](O)c1ccc(Cl)cc1)S(C)(=O)=O. The molecule has 0 radical (unpaired) electrons. The van der Waals surface area contributed by atoms with Crippen LogP contribution in [0.5, 0.6) is 0 Å². The summed E-state index contributed by atoms with van der Waals surface area (Å²) >= 11 is 5.69. The molecule has 3 nitrogen and oxygen atoms in total. The third-order valence-electron chi connectivity index (χ3n) is 2.33. The van der Waals surface area contributed by atoms with E-state index < -0.39 is 21.2 Å². The van der Waals surface area contributed by atoms with E-state index in [1.165, 1.54) is 6.92 Å². The predicted molar refractivity (Wildman–Crippen MR) is 60.7 cm³/mol. The number of benzene rings is 1. The molecule has 1 aromatic carbocycles. The van der Waals surface area contributed by atoms with Crippen LogP contribution in [0.4, 0.5) is 0 Å². The van der Waals surface area contributed by atoms with Crippen molar-refractivity contribution in [1.29, 1.82) is 0 Å². The first-order valence-corrected chi connectivity index (χ1v) is 6.78. The number of rotatable bonds is 3. The van der Waals surface area contributed by atoms with Gasteiger partial charge in [0.1, 0.15) is 0 Å². The monoisotopic (exact) mass is 248 g/mol. The fourth-order valence-corrected chi connectivity index (χ4v) is 1.92. The van der Waals surface area contributed by atoms with Gasteiger partial charge in [-0.3, -0.25) is 0 Å². The zero-order chi connectivity index (χ0) is 11.6. The second-order valence-corrected chi connectivity index (χ2v) is 6.37. The van der Waals surface area contributed by atoms with Crippen molar-refractivity contribution in [2.75, 3.05) is 6.26 Å². The molecule has 0 unspecified atom stereocenters. The van der Waals surface area contributed by atoms with E-state index in [1.807, 2.05) is 0 Å². The summed E-state index contributed by atoms with van der Waals surface area (Å²) in [5.74, 6) is 0. The molecule has 0 saturated carbocycles. The minimum Gasteiger partial charge on any atom is -0.387 e. The summed E-state index contributed by atoms with van der Waals surface area (Å²) in [4.78, 5) is 0. The highest BCUT2D eigenvalue weighted by Gasteiger charge is 2.25. The topological polar surface area (TPSA) is 54.4 Å². The van der Waals surface area contributed by atoms with E-state index in [0.717, 1.165) is 6.26 Å². The smallest absolute Gasteiger partial charge is 0.152 e. The fraction of sp³-hybridized carbons (Fsp3) is 0.400. The van der Waals surface area contributed by atoms with Crippen molar-refractivity contribution >= 4 is 21.4 Å². The van der Waals surface area contributed by atoms with Crippen molar-refractivity contribution < 1.29 is 13.5 Å². The maximum atomic E-state index is 11.2. The normalized spacial score (nSPS) is 16.0. The van der Waals surface area contributed by atoms with Crippen LogP contribution >= 0.6 is 11.6 Å². The molecule has 0 spiro atoms. The second-order valence-electron chi connectivity index (χ2n) is 3.53. The standard InChI is InChI=1S/C10H13ClO3S/c1-7(15(2,13)14)10(12)8-3-5-9(11)6-4-8/h3-7,10,12H,1-2H3/t7-,10+/m1/s1. The highest BCUT2D eigenvalue weighted by atomic mass is 35.5. The van der Waals surface area contributed by atoms with Crippen LogP contribution in [0.2, 0.25) is 5.02 Å². The quantitative estimate of drug-likeness (QED) is 0.888. The Bertz CT molecular complexity index is 424. The predicted octanol–water partition coefficient (Wildman–Crippen LogP) is 1.81. The van der Waals surface area contributed by atoms with Crippen LogP contribution in [0.3, 0.4) is 0 Å². The number of aliphatic hydroxyl groups is 1. The third kappa shape index (κ3) is 3.19. The molecule has 84 valence electrons. The Hall–Kier alpha value is -0.580. The Balaban J connectivity index is 2.95. The van der Waals surface area contributed by atoms with Crippen LogP contribution in [0.1, 0.15) is 18.6 Å². The van der Waals surface area contributed by atoms with Crippen molar-refractivity contribution in [1.82, 2.24) is 0 Å². The van der Waals surface area contributed by atoms with E-state index in [0.29, 0.717) is 10.6 Å².